The summed E-state index contributed by atoms with van der Waals surface area (Å²) >= 11 is 0. The Hall–Kier alpha value is -1.37. The predicted octanol–water partition coefficient (Wildman–Crippen LogP) is 1.72. The van der Waals surface area contributed by atoms with E-state index < -0.39 is 11.7 Å². The predicted molar refractivity (Wildman–Crippen MR) is 54.7 cm³/mol. The van der Waals surface area contributed by atoms with Crippen LogP contribution >= 0.6 is 0 Å². The molecular formula is C10H12F3N3O. The maximum atomic E-state index is 12.5. The molecule has 1 saturated heterocycles. The highest BCUT2D eigenvalue weighted by Crippen LogP contribution is 2.33. The Morgan fingerprint density at radius 2 is 2.06 bits per heavy atom. The van der Waals surface area contributed by atoms with E-state index in [0.29, 0.717) is 13.1 Å². The second-order valence-electron chi connectivity index (χ2n) is 4.31. The van der Waals surface area contributed by atoms with Gasteiger partial charge >= 0.3 is 6.18 Å². The molecule has 94 valence electrons. The molecule has 1 fully saturated rings. The Labute approximate surface area is 96.4 Å². The Morgan fingerprint density at radius 1 is 1.41 bits per heavy atom. The third-order valence-corrected chi connectivity index (χ3v) is 2.84. The number of aromatic nitrogens is 2. The van der Waals surface area contributed by atoms with Crippen LogP contribution in [0, 0.1) is 0 Å². The second kappa shape index (κ2) is 3.83. The van der Waals surface area contributed by atoms with E-state index in [1.165, 1.54) is 0 Å². The van der Waals surface area contributed by atoms with Crippen LogP contribution in [0.4, 0.5) is 19.0 Å². The minimum atomic E-state index is -4.39. The highest BCUT2D eigenvalue weighted by molar-refractivity contribution is 5.44. The highest BCUT2D eigenvalue weighted by Gasteiger charge is 2.40. The van der Waals surface area contributed by atoms with Crippen LogP contribution in [0.25, 0.3) is 0 Å². The molecule has 1 aromatic rings. The number of halogens is 3. The molecule has 0 aliphatic carbocycles. The smallest absolute Gasteiger partial charge is 0.375 e. The van der Waals surface area contributed by atoms with Gasteiger partial charge in [0.15, 0.2) is 5.82 Å². The van der Waals surface area contributed by atoms with Crippen molar-refractivity contribution < 1.29 is 17.9 Å². The third-order valence-electron chi connectivity index (χ3n) is 2.84. The van der Waals surface area contributed by atoms with Crippen LogP contribution < -0.4 is 4.90 Å². The van der Waals surface area contributed by atoms with E-state index in [1.54, 1.807) is 12.0 Å². The minimum absolute atomic E-state index is 0.231. The molecule has 1 aliphatic heterocycles. The quantitative estimate of drug-likeness (QED) is 0.797. The van der Waals surface area contributed by atoms with Crippen molar-refractivity contribution in [3.63, 3.8) is 0 Å². The number of alkyl halides is 3. The zero-order valence-electron chi connectivity index (χ0n) is 9.45. The first-order valence-electron chi connectivity index (χ1n) is 5.04. The maximum absolute atomic E-state index is 12.5. The van der Waals surface area contributed by atoms with E-state index in [9.17, 15) is 13.2 Å². The van der Waals surface area contributed by atoms with Gasteiger partial charge < -0.3 is 9.64 Å². The number of hydrogen-bond donors (Lipinski definition) is 0. The average Bonchev–Trinajstić information content (AvgIpc) is 2.24. The normalized spacial score (nSPS) is 19.0. The molecule has 0 radical (unpaired) electrons. The zero-order chi connectivity index (χ0) is 12.7. The van der Waals surface area contributed by atoms with E-state index in [2.05, 4.69) is 10.2 Å². The summed E-state index contributed by atoms with van der Waals surface area (Å²) in [5.74, 6) is 0.231. The number of hydrogen-bond acceptors (Lipinski definition) is 4. The summed E-state index contributed by atoms with van der Waals surface area (Å²) in [4.78, 5) is 1.70. The van der Waals surface area contributed by atoms with E-state index in [-0.39, 0.29) is 11.4 Å². The molecule has 1 aromatic heterocycles. The molecule has 0 aromatic carbocycles. The molecule has 2 rings (SSSR count). The second-order valence-corrected chi connectivity index (χ2v) is 4.31. The largest absolute Gasteiger partial charge is 0.418 e. The molecule has 7 heteroatoms. The molecule has 1 aliphatic rings. The summed E-state index contributed by atoms with van der Waals surface area (Å²) in [5, 5.41) is 7.07. The number of anilines is 1. The van der Waals surface area contributed by atoms with Gasteiger partial charge in [-0.25, -0.2) is 0 Å². The van der Waals surface area contributed by atoms with Gasteiger partial charge in [-0.05, 0) is 13.0 Å². The van der Waals surface area contributed by atoms with Gasteiger partial charge in [-0.2, -0.15) is 18.3 Å². The van der Waals surface area contributed by atoms with E-state index in [0.717, 1.165) is 12.3 Å². The summed E-state index contributed by atoms with van der Waals surface area (Å²) in [5.41, 5.74) is -1.09. The van der Waals surface area contributed by atoms with Gasteiger partial charge in [0, 0.05) is 7.11 Å². The molecule has 0 N–H and O–H groups in total. The summed E-state index contributed by atoms with van der Waals surface area (Å²) in [7, 11) is 1.58. The topological polar surface area (TPSA) is 38.2 Å². The van der Waals surface area contributed by atoms with Crippen molar-refractivity contribution in [3.8, 4) is 0 Å². The van der Waals surface area contributed by atoms with E-state index >= 15 is 0 Å². The molecule has 4 nitrogen and oxygen atoms in total. The van der Waals surface area contributed by atoms with Crippen molar-refractivity contribution in [3.05, 3.63) is 17.8 Å². The number of rotatable bonds is 2. The summed E-state index contributed by atoms with van der Waals surface area (Å²) in [6, 6.07) is 1.00. The van der Waals surface area contributed by atoms with Crippen LogP contribution in [0.15, 0.2) is 12.3 Å². The van der Waals surface area contributed by atoms with Gasteiger partial charge in [-0.1, -0.05) is 0 Å². The lowest BCUT2D eigenvalue weighted by molar-refractivity contribution is -0.137. The number of nitrogens with zero attached hydrogens (tertiary/aromatic N) is 3. The Kier molecular flexibility index (Phi) is 2.73. The van der Waals surface area contributed by atoms with E-state index in [1.807, 2.05) is 6.92 Å². The number of methoxy groups -OCH3 is 1. The maximum Gasteiger partial charge on any atom is 0.418 e. The van der Waals surface area contributed by atoms with Crippen molar-refractivity contribution in [2.24, 2.45) is 0 Å². The van der Waals surface area contributed by atoms with Gasteiger partial charge in [-0.3, -0.25) is 0 Å². The molecule has 0 spiro atoms. The lowest BCUT2D eigenvalue weighted by atomic mass is 9.96. The lowest BCUT2D eigenvalue weighted by Crippen LogP contribution is -2.61. The first-order chi connectivity index (χ1) is 7.84. The SMILES string of the molecule is COC1(C)CN(c2cc(C(F)(F)F)cnn2)C1. The van der Waals surface area contributed by atoms with Gasteiger partial charge in [0.05, 0.1) is 30.5 Å². The van der Waals surface area contributed by atoms with Crippen LogP contribution in [0.1, 0.15) is 12.5 Å². The fourth-order valence-electron chi connectivity index (χ4n) is 1.72. The van der Waals surface area contributed by atoms with Crippen LogP contribution in [-0.4, -0.2) is 36.0 Å². The standard InChI is InChI=1S/C10H12F3N3O/c1-9(17-2)5-16(6-9)8-3-7(4-14-15-8)10(11,12)13/h3-4H,5-6H2,1-2H3. The zero-order valence-corrected chi connectivity index (χ0v) is 9.45. The molecular weight excluding hydrogens is 235 g/mol. The molecule has 0 atom stereocenters. The van der Waals surface area contributed by atoms with Crippen molar-refractivity contribution in [2.75, 3.05) is 25.1 Å². The van der Waals surface area contributed by atoms with Crippen molar-refractivity contribution >= 4 is 5.82 Å². The molecule has 0 bridgehead atoms. The van der Waals surface area contributed by atoms with E-state index in [4.69, 9.17) is 4.74 Å². The summed E-state index contributed by atoms with van der Waals surface area (Å²) < 4.78 is 42.6. The van der Waals surface area contributed by atoms with Gasteiger partial charge in [0.2, 0.25) is 0 Å². The first kappa shape index (κ1) is 12.1. The van der Waals surface area contributed by atoms with Crippen LogP contribution in [0.3, 0.4) is 0 Å². The molecule has 0 amide bonds. The average molecular weight is 247 g/mol. The lowest BCUT2D eigenvalue weighted by Gasteiger charge is -2.47. The first-order valence-corrected chi connectivity index (χ1v) is 5.04. The van der Waals surface area contributed by atoms with Gasteiger partial charge in [0.1, 0.15) is 0 Å². The number of ether oxygens (including phenoxy) is 1. The monoisotopic (exact) mass is 247 g/mol. The Balaban J connectivity index is 2.14. The van der Waals surface area contributed by atoms with Gasteiger partial charge in [-0.15, -0.1) is 5.10 Å². The summed E-state index contributed by atoms with van der Waals surface area (Å²) in [6.07, 6.45) is -3.67. The molecule has 2 heterocycles. The Bertz CT molecular complexity index is 416. The fraction of sp³-hybridized carbons (Fsp3) is 0.600. The van der Waals surface area contributed by atoms with Crippen LogP contribution in [0.2, 0.25) is 0 Å². The Morgan fingerprint density at radius 3 is 2.59 bits per heavy atom. The molecule has 0 unspecified atom stereocenters. The van der Waals surface area contributed by atoms with Crippen molar-refractivity contribution in [1.29, 1.82) is 0 Å². The molecule has 0 saturated carbocycles. The van der Waals surface area contributed by atoms with Crippen LogP contribution in [0.5, 0.6) is 0 Å². The highest BCUT2D eigenvalue weighted by atomic mass is 19.4. The van der Waals surface area contributed by atoms with Crippen molar-refractivity contribution in [2.45, 2.75) is 18.7 Å². The minimum Gasteiger partial charge on any atom is -0.375 e. The fourth-order valence-corrected chi connectivity index (χ4v) is 1.72. The third kappa shape index (κ3) is 2.33. The molecule has 17 heavy (non-hydrogen) atoms. The van der Waals surface area contributed by atoms with Crippen LogP contribution in [-0.2, 0) is 10.9 Å². The van der Waals surface area contributed by atoms with Crippen molar-refractivity contribution in [1.82, 2.24) is 10.2 Å². The summed E-state index contributed by atoms with van der Waals surface area (Å²) in [6.45, 7) is 2.92. The van der Waals surface area contributed by atoms with Gasteiger partial charge in [0.25, 0.3) is 0 Å².